The largest absolute Gasteiger partial charge is 2.00 e. The Morgan fingerprint density at radius 3 is 2.07 bits per heavy atom. The molecule has 5 N–H and O–H groups in total. The standard InChI is InChI=1S/C24H20N4O3.2NO3.H2O.Zn/c29-22(28-20-11-5-7-17-8-6-14-26-23(17)20)16-31-21-12-2-1-10-19(21)24(30)27-15-18-9-3-4-13-25-18;2*2-1(3)4;;/h1-14H,15-16H2,(H,27,30)(H,28,29);;;1H2;/q;2*-1;;+2/p+1. The minimum atomic E-state index is -1.75. The summed E-state index contributed by atoms with van der Waals surface area (Å²) < 4.78 is 5.65. The van der Waals surface area contributed by atoms with E-state index in [-0.39, 0.29) is 43.4 Å². The van der Waals surface area contributed by atoms with Gasteiger partial charge in [0, 0.05) is 17.8 Å². The summed E-state index contributed by atoms with van der Waals surface area (Å²) in [6.07, 6.45) is 3.34. The molecule has 17 heteroatoms. The molecule has 0 bridgehead atoms. The molecule has 2 heterocycles. The number of nitrogens with one attached hydrogen (secondary N) is 2. The zero-order valence-corrected chi connectivity index (χ0v) is 24.2. The number of carbonyl (C=O) groups excluding carboxylic acids is 2. The molecule has 0 aliphatic carbocycles. The van der Waals surface area contributed by atoms with Crippen LogP contribution in [0, 0.1) is 30.6 Å². The van der Waals surface area contributed by atoms with Gasteiger partial charge in [0.1, 0.15) is 5.75 Å². The summed E-state index contributed by atoms with van der Waals surface area (Å²) in [4.78, 5) is 50.0. The number of nitrogens with zero attached hydrogens (tertiary/aromatic N) is 4. The van der Waals surface area contributed by atoms with Crippen LogP contribution in [0.1, 0.15) is 16.1 Å². The Bertz CT molecular complexity index is 1400. The molecule has 210 valence electrons. The van der Waals surface area contributed by atoms with Crippen molar-refractivity contribution in [3.8, 4) is 5.75 Å². The summed E-state index contributed by atoms with van der Waals surface area (Å²) in [6, 6.07) is 21.6. The molecule has 0 fully saturated rings. The maximum absolute atomic E-state index is 12.6. The Labute approximate surface area is 244 Å². The van der Waals surface area contributed by atoms with Crippen molar-refractivity contribution in [2.24, 2.45) is 0 Å². The van der Waals surface area contributed by atoms with Crippen molar-refractivity contribution in [2.45, 2.75) is 6.54 Å². The van der Waals surface area contributed by atoms with Crippen molar-refractivity contribution in [1.29, 1.82) is 0 Å². The quantitative estimate of drug-likeness (QED) is 0.131. The smallest absolute Gasteiger partial charge is 0.483 e. The first-order valence-corrected chi connectivity index (χ1v) is 10.8. The molecule has 0 unspecified atom stereocenters. The second kappa shape index (κ2) is 18.9. The average Bonchev–Trinajstić information content (AvgIpc) is 2.91. The molecule has 0 saturated carbocycles. The molecule has 0 spiro atoms. The third-order valence-electron chi connectivity index (χ3n) is 4.55. The molecule has 4 aromatic rings. The van der Waals surface area contributed by atoms with Gasteiger partial charge in [-0.3, -0.25) is 19.6 Å². The SMILES string of the molecule is O=C(COc1ccccc1C(=O)NCc1ccccn1)Nc1cccc2cccnc12.O=[N+]([O-])[O-].O=[N+]([O-])[O-].[OH3+].[Zn+2]. The van der Waals surface area contributed by atoms with E-state index in [0.717, 1.165) is 11.1 Å². The van der Waals surface area contributed by atoms with Crippen LogP contribution in [0.3, 0.4) is 0 Å². The van der Waals surface area contributed by atoms with Gasteiger partial charge in [-0.2, -0.15) is 0 Å². The first-order valence-electron chi connectivity index (χ1n) is 10.8. The summed E-state index contributed by atoms with van der Waals surface area (Å²) in [5.74, 6) is -0.325. The molecule has 0 saturated heterocycles. The van der Waals surface area contributed by atoms with Gasteiger partial charge in [-0.05, 0) is 36.4 Å². The molecule has 41 heavy (non-hydrogen) atoms. The van der Waals surface area contributed by atoms with E-state index in [0.29, 0.717) is 29.1 Å². The molecule has 2 aromatic heterocycles. The van der Waals surface area contributed by atoms with Gasteiger partial charge < -0.3 is 51.5 Å². The monoisotopic (exact) mass is 619 g/mol. The zero-order chi connectivity index (χ0) is 28.6. The predicted octanol–water partition coefficient (Wildman–Crippen LogP) is 2.17. The number of para-hydroxylation sites is 2. The minimum absolute atomic E-state index is 0. The van der Waals surface area contributed by atoms with E-state index in [2.05, 4.69) is 20.6 Å². The molecule has 2 amide bonds. The number of anilines is 1. The summed E-state index contributed by atoms with van der Waals surface area (Å²) in [5, 5.41) is 36.1. The van der Waals surface area contributed by atoms with E-state index in [1.54, 1.807) is 42.7 Å². The third kappa shape index (κ3) is 13.4. The Hall–Kier alpha value is -5.28. The van der Waals surface area contributed by atoms with Gasteiger partial charge in [0.2, 0.25) is 0 Å². The number of pyridine rings is 2. The van der Waals surface area contributed by atoms with Crippen LogP contribution >= 0.6 is 0 Å². The number of hydrogen-bond acceptors (Lipinski definition) is 11. The van der Waals surface area contributed by atoms with Crippen LogP contribution in [0.15, 0.2) is 85.2 Å². The van der Waals surface area contributed by atoms with Crippen LogP contribution in [0.4, 0.5) is 5.69 Å². The Morgan fingerprint density at radius 1 is 0.805 bits per heavy atom. The number of hydrogen-bond donors (Lipinski definition) is 2. The number of fused-ring (bicyclic) bond motifs is 1. The maximum atomic E-state index is 12.6. The van der Waals surface area contributed by atoms with Crippen LogP contribution in [-0.2, 0) is 36.3 Å². The molecule has 0 radical (unpaired) electrons. The summed E-state index contributed by atoms with van der Waals surface area (Å²) in [6.45, 7) is 0.0519. The van der Waals surface area contributed by atoms with Gasteiger partial charge >= 0.3 is 19.5 Å². The third-order valence-corrected chi connectivity index (χ3v) is 4.55. The predicted molar refractivity (Wildman–Crippen MR) is 143 cm³/mol. The van der Waals surface area contributed by atoms with Crippen LogP contribution in [0.25, 0.3) is 10.9 Å². The van der Waals surface area contributed by atoms with Gasteiger partial charge in [0.15, 0.2) is 6.61 Å². The molecular formula is C24H23N6O10Zn+. The van der Waals surface area contributed by atoms with E-state index >= 15 is 0 Å². The van der Waals surface area contributed by atoms with Crippen LogP contribution < -0.4 is 15.4 Å². The van der Waals surface area contributed by atoms with Crippen LogP contribution in [-0.4, -0.2) is 38.6 Å². The Balaban J connectivity index is 0.00000142. The number of amides is 2. The molecule has 0 aliphatic heterocycles. The number of ether oxygens (including phenoxy) is 1. The second-order valence-corrected chi connectivity index (χ2v) is 7.16. The zero-order valence-electron chi connectivity index (χ0n) is 21.2. The van der Waals surface area contributed by atoms with E-state index < -0.39 is 10.2 Å². The fourth-order valence-corrected chi connectivity index (χ4v) is 3.08. The maximum Gasteiger partial charge on any atom is 2.00 e. The van der Waals surface area contributed by atoms with Crippen molar-refractivity contribution in [3.05, 3.63) is 127 Å². The first kappa shape index (κ1) is 35.7. The van der Waals surface area contributed by atoms with Gasteiger partial charge in [0.05, 0.1) is 39.2 Å². The van der Waals surface area contributed by atoms with Gasteiger partial charge in [-0.1, -0.05) is 36.4 Å². The van der Waals surface area contributed by atoms with E-state index in [1.165, 1.54) is 0 Å². The number of rotatable bonds is 7. The normalized spacial score (nSPS) is 9.07. The van der Waals surface area contributed by atoms with Crippen molar-refractivity contribution in [3.63, 3.8) is 0 Å². The van der Waals surface area contributed by atoms with Crippen molar-refractivity contribution >= 4 is 28.4 Å². The summed E-state index contributed by atoms with van der Waals surface area (Å²) in [5.41, 5.74) is 2.40. The van der Waals surface area contributed by atoms with Gasteiger partial charge in [0.25, 0.3) is 11.8 Å². The molecule has 16 nitrogen and oxygen atoms in total. The van der Waals surface area contributed by atoms with E-state index in [9.17, 15) is 9.59 Å². The van der Waals surface area contributed by atoms with Crippen molar-refractivity contribution in [1.82, 2.24) is 15.3 Å². The minimum Gasteiger partial charge on any atom is -0.483 e. The molecular weight excluding hydrogens is 598 g/mol. The first-order chi connectivity index (χ1) is 18.7. The molecule has 0 aliphatic rings. The van der Waals surface area contributed by atoms with Gasteiger partial charge in [-0.25, -0.2) is 0 Å². The van der Waals surface area contributed by atoms with E-state index in [1.807, 2.05) is 42.5 Å². The molecule has 4 rings (SSSR count). The fourth-order valence-electron chi connectivity index (χ4n) is 3.08. The molecule has 2 aromatic carbocycles. The Kier molecular flexibility index (Phi) is 16.5. The van der Waals surface area contributed by atoms with Gasteiger partial charge in [-0.15, -0.1) is 0 Å². The van der Waals surface area contributed by atoms with Crippen molar-refractivity contribution in [2.75, 3.05) is 11.9 Å². The fraction of sp³-hybridized carbons (Fsp3) is 0.0833. The second-order valence-electron chi connectivity index (χ2n) is 7.16. The summed E-state index contributed by atoms with van der Waals surface area (Å²) in [7, 11) is 0. The summed E-state index contributed by atoms with van der Waals surface area (Å²) >= 11 is 0. The topological polar surface area (TPSA) is 259 Å². The van der Waals surface area contributed by atoms with Crippen molar-refractivity contribution < 1.29 is 49.5 Å². The number of aromatic nitrogens is 2. The average molecular weight is 621 g/mol. The Morgan fingerprint density at radius 2 is 1.41 bits per heavy atom. The number of carbonyl (C=O) groups is 2. The molecule has 0 atom stereocenters. The van der Waals surface area contributed by atoms with Crippen LogP contribution in [0.2, 0.25) is 0 Å². The van der Waals surface area contributed by atoms with E-state index in [4.69, 9.17) is 35.4 Å². The number of benzene rings is 2. The van der Waals surface area contributed by atoms with Crippen LogP contribution in [0.5, 0.6) is 5.75 Å².